The minimum atomic E-state index is -4.51. The zero-order valence-corrected chi connectivity index (χ0v) is 20.8. The van der Waals surface area contributed by atoms with Gasteiger partial charge in [0.05, 0.1) is 17.6 Å². The Morgan fingerprint density at radius 3 is 2.63 bits per heavy atom. The average Bonchev–Trinajstić information content (AvgIpc) is 3.52. The van der Waals surface area contributed by atoms with Gasteiger partial charge in [-0.3, -0.25) is 14.3 Å². The molecule has 0 unspecified atom stereocenters. The van der Waals surface area contributed by atoms with Gasteiger partial charge in [0.2, 0.25) is 6.17 Å². The smallest absolute Gasteiger partial charge is 0.322 e. The predicted octanol–water partition coefficient (Wildman–Crippen LogP) is 3.84. The number of aliphatic imine (C=N–C) groups is 1. The molecule has 2 aromatic carbocycles. The number of hydrogen-bond donors (Lipinski definition) is 2. The molecule has 10 nitrogen and oxygen atoms in total. The Kier molecular flexibility index (Phi) is 6.29. The Morgan fingerprint density at radius 2 is 1.85 bits per heavy atom. The van der Waals surface area contributed by atoms with Crippen LogP contribution in [0.15, 0.2) is 84.4 Å². The number of benzodiazepines with no additional fused rings is 1. The van der Waals surface area contributed by atoms with E-state index in [-0.39, 0.29) is 33.9 Å². The minimum Gasteiger partial charge on any atom is -0.322 e. The molecule has 6 rings (SSSR count). The normalized spacial score (nSPS) is 15.2. The van der Waals surface area contributed by atoms with Gasteiger partial charge in [-0.05, 0) is 12.1 Å². The number of alkyl halides is 3. The van der Waals surface area contributed by atoms with Crippen molar-refractivity contribution in [1.29, 1.82) is 0 Å². The van der Waals surface area contributed by atoms with Gasteiger partial charge in [0, 0.05) is 35.3 Å². The van der Waals surface area contributed by atoms with Crippen molar-refractivity contribution in [3.05, 3.63) is 102 Å². The lowest BCUT2D eigenvalue weighted by atomic mass is 10.0. The van der Waals surface area contributed by atoms with Crippen LogP contribution in [0, 0.1) is 5.82 Å². The number of nitrogens with one attached hydrogen (secondary N) is 2. The van der Waals surface area contributed by atoms with E-state index in [9.17, 15) is 27.2 Å². The molecule has 2 N–H and O–H groups in total. The van der Waals surface area contributed by atoms with E-state index in [2.05, 4.69) is 30.8 Å². The van der Waals surface area contributed by atoms with Crippen LogP contribution in [0.3, 0.4) is 0 Å². The Morgan fingerprint density at radius 1 is 1.05 bits per heavy atom. The van der Waals surface area contributed by atoms with Gasteiger partial charge in [0.1, 0.15) is 23.6 Å². The molecule has 41 heavy (non-hydrogen) atoms. The van der Waals surface area contributed by atoms with E-state index in [0.717, 1.165) is 12.4 Å². The second-order valence-corrected chi connectivity index (χ2v) is 9.02. The first kappa shape index (κ1) is 25.9. The number of benzene rings is 2. The fraction of sp³-hybridized carbons (Fsp3) is 0.111. The van der Waals surface area contributed by atoms with Crippen LogP contribution in [0.4, 0.5) is 23.2 Å². The Bertz CT molecular complexity index is 1830. The van der Waals surface area contributed by atoms with E-state index >= 15 is 0 Å². The molecule has 0 saturated heterocycles. The average molecular weight is 562 g/mol. The van der Waals surface area contributed by atoms with Crippen LogP contribution >= 0.6 is 0 Å². The number of hydrogen-bond acceptors (Lipinski definition) is 6. The topological polar surface area (TPSA) is 119 Å². The predicted molar refractivity (Wildman–Crippen MR) is 139 cm³/mol. The molecular formula is C27H18F4N8O2. The number of aromatic nitrogens is 5. The highest BCUT2D eigenvalue weighted by atomic mass is 19.4. The number of carbonyl (C=O) groups excluding carboxylic acids is 2. The third kappa shape index (κ3) is 5.02. The molecule has 0 radical (unpaired) electrons. The quantitative estimate of drug-likeness (QED) is 0.316. The summed E-state index contributed by atoms with van der Waals surface area (Å²) in [7, 11) is 0. The second-order valence-electron chi connectivity index (χ2n) is 9.02. The number of rotatable bonds is 5. The van der Waals surface area contributed by atoms with Crippen molar-refractivity contribution in [1.82, 2.24) is 29.7 Å². The summed E-state index contributed by atoms with van der Waals surface area (Å²) >= 11 is 0. The highest BCUT2D eigenvalue weighted by Gasteiger charge is 2.32. The lowest BCUT2D eigenvalue weighted by Gasteiger charge is -2.13. The lowest BCUT2D eigenvalue weighted by molar-refractivity contribution is -0.142. The van der Waals surface area contributed by atoms with Crippen molar-refractivity contribution in [2.45, 2.75) is 18.9 Å². The molecule has 0 saturated carbocycles. The molecule has 0 spiro atoms. The molecule has 1 aliphatic heterocycles. The minimum absolute atomic E-state index is 0.00903. The van der Waals surface area contributed by atoms with Gasteiger partial charge in [-0.25, -0.2) is 18.9 Å². The maximum absolute atomic E-state index is 14.8. The first-order chi connectivity index (χ1) is 19.7. The first-order valence-corrected chi connectivity index (χ1v) is 12.1. The number of para-hydroxylation sites is 1. The fourth-order valence-electron chi connectivity index (χ4n) is 4.47. The number of anilines is 1. The third-order valence-corrected chi connectivity index (χ3v) is 6.21. The van der Waals surface area contributed by atoms with Crippen LogP contribution in [0.25, 0.3) is 16.9 Å². The zero-order chi connectivity index (χ0) is 28.7. The molecule has 0 aliphatic carbocycles. The third-order valence-electron chi connectivity index (χ3n) is 6.21. The van der Waals surface area contributed by atoms with E-state index < -0.39 is 36.5 Å². The van der Waals surface area contributed by atoms with Crippen molar-refractivity contribution >= 4 is 28.9 Å². The van der Waals surface area contributed by atoms with Gasteiger partial charge in [-0.15, -0.1) is 0 Å². The molecule has 206 valence electrons. The second kappa shape index (κ2) is 9.97. The molecule has 5 aromatic rings. The van der Waals surface area contributed by atoms with Gasteiger partial charge in [0.15, 0.2) is 5.65 Å². The summed E-state index contributed by atoms with van der Waals surface area (Å²) in [6.45, 7) is -1.34. The molecule has 1 aliphatic rings. The van der Waals surface area contributed by atoms with Crippen LogP contribution in [-0.4, -0.2) is 54.2 Å². The van der Waals surface area contributed by atoms with E-state index in [1.54, 1.807) is 42.5 Å². The molecule has 2 amide bonds. The molecule has 0 fully saturated rings. The fourth-order valence-corrected chi connectivity index (χ4v) is 4.47. The number of halogens is 4. The van der Waals surface area contributed by atoms with Gasteiger partial charge >= 0.3 is 6.18 Å². The molecule has 1 atom stereocenters. The van der Waals surface area contributed by atoms with E-state index in [0.29, 0.717) is 15.8 Å². The molecule has 14 heteroatoms. The van der Waals surface area contributed by atoms with Gasteiger partial charge in [0.25, 0.3) is 11.8 Å². The summed E-state index contributed by atoms with van der Waals surface area (Å²) < 4.78 is 55.5. The standard InChI is InChI=1S/C27H18F4N8O2/c28-18-9-4-8-17-20(15-6-2-1-3-7-15)34-23(26(41)35-22(17)18)36-25(40)19-21(37-39-11-5-10-32-24(19)39)16-12-33-38(13-16)14-27(29,30)31/h1-13,23H,14H2,(H,35,41)(H,36,40)/t23-/m1/s1. The van der Waals surface area contributed by atoms with Gasteiger partial charge < -0.3 is 10.6 Å². The summed E-state index contributed by atoms with van der Waals surface area (Å²) in [4.78, 5) is 35.6. The summed E-state index contributed by atoms with van der Waals surface area (Å²) in [6.07, 6.45) is -0.852. The Hall–Kier alpha value is -5.40. The van der Waals surface area contributed by atoms with Crippen LogP contribution in [0.1, 0.15) is 21.5 Å². The SMILES string of the molecule is O=C(N[C@H]1N=C(c2ccccc2)c2cccc(F)c2NC1=O)c1c(-c2cnn(CC(F)(F)F)c2)nn2cccnc12. The van der Waals surface area contributed by atoms with E-state index in [1.165, 1.54) is 29.0 Å². The van der Waals surface area contributed by atoms with Crippen LogP contribution in [-0.2, 0) is 11.3 Å². The number of amides is 2. The van der Waals surface area contributed by atoms with Crippen molar-refractivity contribution < 1.29 is 27.2 Å². The van der Waals surface area contributed by atoms with Crippen molar-refractivity contribution in [3.8, 4) is 11.3 Å². The zero-order valence-electron chi connectivity index (χ0n) is 20.8. The van der Waals surface area contributed by atoms with Gasteiger partial charge in [-0.2, -0.15) is 23.4 Å². The maximum Gasteiger partial charge on any atom is 0.408 e. The monoisotopic (exact) mass is 562 g/mol. The number of carbonyl (C=O) groups is 2. The van der Waals surface area contributed by atoms with E-state index in [1.807, 2.05) is 0 Å². The highest BCUT2D eigenvalue weighted by molar-refractivity contribution is 6.20. The van der Waals surface area contributed by atoms with Crippen LogP contribution in [0.2, 0.25) is 0 Å². The molecular weight excluding hydrogens is 544 g/mol. The number of fused-ring (bicyclic) bond motifs is 2. The summed E-state index contributed by atoms with van der Waals surface area (Å²) in [6, 6.07) is 14.6. The highest BCUT2D eigenvalue weighted by Crippen LogP contribution is 2.29. The molecule has 3 aromatic heterocycles. The molecule has 4 heterocycles. The molecule has 0 bridgehead atoms. The summed E-state index contributed by atoms with van der Waals surface area (Å²) in [5, 5.41) is 13.1. The van der Waals surface area contributed by atoms with Crippen molar-refractivity contribution in [3.63, 3.8) is 0 Å². The lowest BCUT2D eigenvalue weighted by Crippen LogP contribution is -2.42. The maximum atomic E-state index is 14.8. The summed E-state index contributed by atoms with van der Waals surface area (Å²) in [5.41, 5.74) is 1.14. The van der Waals surface area contributed by atoms with Crippen molar-refractivity contribution in [2.75, 3.05) is 5.32 Å². The van der Waals surface area contributed by atoms with Crippen LogP contribution < -0.4 is 10.6 Å². The Labute approximate surface area is 228 Å². The Balaban J connectivity index is 1.41. The van der Waals surface area contributed by atoms with Crippen LogP contribution in [0.5, 0.6) is 0 Å². The largest absolute Gasteiger partial charge is 0.408 e. The summed E-state index contributed by atoms with van der Waals surface area (Å²) in [5.74, 6) is -2.32. The van der Waals surface area contributed by atoms with Crippen molar-refractivity contribution in [2.24, 2.45) is 4.99 Å². The number of nitrogens with zero attached hydrogens (tertiary/aromatic N) is 6. The van der Waals surface area contributed by atoms with Gasteiger partial charge in [-0.1, -0.05) is 42.5 Å². The van der Waals surface area contributed by atoms with E-state index in [4.69, 9.17) is 0 Å². The first-order valence-electron chi connectivity index (χ1n) is 12.1.